The van der Waals surface area contributed by atoms with Crippen LogP contribution in [0.5, 0.6) is 0 Å². The third kappa shape index (κ3) is 3.25. The first-order valence-corrected chi connectivity index (χ1v) is 11.3. The zero-order valence-corrected chi connectivity index (χ0v) is 18.8. The second kappa shape index (κ2) is 7.55. The minimum Gasteiger partial charge on any atom is -0.367 e. The maximum absolute atomic E-state index is 14.2. The molecule has 5 rings (SSSR count). The highest BCUT2D eigenvalue weighted by atomic mass is 19.1. The van der Waals surface area contributed by atoms with Gasteiger partial charge in [-0.2, -0.15) is 0 Å². The van der Waals surface area contributed by atoms with Crippen LogP contribution in [0.1, 0.15) is 42.3 Å². The summed E-state index contributed by atoms with van der Waals surface area (Å²) in [6.45, 7) is 9.93. The molecule has 1 saturated heterocycles. The van der Waals surface area contributed by atoms with Crippen molar-refractivity contribution in [2.24, 2.45) is 0 Å². The van der Waals surface area contributed by atoms with Gasteiger partial charge in [-0.3, -0.25) is 19.4 Å². The van der Waals surface area contributed by atoms with E-state index in [4.69, 9.17) is 0 Å². The lowest BCUT2D eigenvalue weighted by atomic mass is 9.86. The fourth-order valence-corrected chi connectivity index (χ4v) is 5.22. The van der Waals surface area contributed by atoms with Crippen LogP contribution in [0.2, 0.25) is 0 Å². The molecule has 5 nitrogen and oxygen atoms in total. The van der Waals surface area contributed by atoms with E-state index in [0.717, 1.165) is 61.5 Å². The molecular formula is C26H28FN3O2. The van der Waals surface area contributed by atoms with Crippen LogP contribution in [-0.2, 0) is 11.2 Å². The molecule has 0 spiro atoms. The molecule has 3 aliphatic rings. The van der Waals surface area contributed by atoms with Crippen molar-refractivity contribution in [3.8, 4) is 0 Å². The largest absolute Gasteiger partial charge is 0.367 e. The molecule has 6 heteroatoms. The van der Waals surface area contributed by atoms with Gasteiger partial charge in [0.1, 0.15) is 5.82 Å². The maximum Gasteiger partial charge on any atom is 0.300 e. The quantitative estimate of drug-likeness (QED) is 0.686. The van der Waals surface area contributed by atoms with Gasteiger partial charge in [0.2, 0.25) is 0 Å². The van der Waals surface area contributed by atoms with Gasteiger partial charge < -0.3 is 4.90 Å². The van der Waals surface area contributed by atoms with Gasteiger partial charge in [-0.05, 0) is 55.7 Å². The Morgan fingerprint density at radius 1 is 1.00 bits per heavy atom. The summed E-state index contributed by atoms with van der Waals surface area (Å²) in [5, 5.41) is 0. The highest BCUT2D eigenvalue weighted by molar-refractivity contribution is 6.53. The van der Waals surface area contributed by atoms with Crippen molar-refractivity contribution in [3.63, 3.8) is 0 Å². The first kappa shape index (κ1) is 20.9. The van der Waals surface area contributed by atoms with Crippen molar-refractivity contribution >= 4 is 28.6 Å². The minimum atomic E-state index is -0.566. The Morgan fingerprint density at radius 2 is 1.69 bits per heavy atom. The molecule has 2 aromatic carbocycles. The highest BCUT2D eigenvalue weighted by Gasteiger charge is 2.47. The van der Waals surface area contributed by atoms with E-state index < -0.39 is 17.2 Å². The number of ketones is 1. The number of piperazine rings is 1. The molecule has 3 heterocycles. The number of Topliss-reactive ketones (excluding diaryl/α,β-unsaturated/α-hetero) is 1. The van der Waals surface area contributed by atoms with Gasteiger partial charge in [0.25, 0.3) is 11.7 Å². The number of amides is 1. The Hall–Kier alpha value is -2.99. The fourth-order valence-electron chi connectivity index (χ4n) is 5.22. The summed E-state index contributed by atoms with van der Waals surface area (Å²) in [7, 11) is 0. The predicted molar refractivity (Wildman–Crippen MR) is 125 cm³/mol. The lowest BCUT2D eigenvalue weighted by Gasteiger charge is -2.41. The molecule has 0 bridgehead atoms. The molecular weight excluding hydrogens is 405 g/mol. The molecule has 0 radical (unpaired) electrons. The van der Waals surface area contributed by atoms with Gasteiger partial charge in [-0.25, -0.2) is 4.39 Å². The van der Waals surface area contributed by atoms with Gasteiger partial charge in [0.15, 0.2) is 0 Å². The van der Waals surface area contributed by atoms with E-state index in [1.165, 1.54) is 6.07 Å². The number of anilines is 2. The average Bonchev–Trinajstić information content (AvgIpc) is 3.04. The van der Waals surface area contributed by atoms with Crippen LogP contribution >= 0.6 is 0 Å². The number of carbonyl (C=O) groups excluding carboxylic acids is 2. The number of benzene rings is 2. The third-order valence-electron chi connectivity index (χ3n) is 6.85. The second-order valence-electron chi connectivity index (χ2n) is 9.40. The molecule has 166 valence electrons. The molecule has 0 N–H and O–H groups in total. The second-order valence-corrected chi connectivity index (χ2v) is 9.40. The first-order chi connectivity index (χ1) is 15.3. The van der Waals surface area contributed by atoms with E-state index in [-0.39, 0.29) is 5.82 Å². The van der Waals surface area contributed by atoms with Gasteiger partial charge in [-0.15, -0.1) is 0 Å². The van der Waals surface area contributed by atoms with Crippen molar-refractivity contribution in [1.82, 2.24) is 4.90 Å². The van der Waals surface area contributed by atoms with Crippen molar-refractivity contribution < 1.29 is 14.0 Å². The summed E-state index contributed by atoms with van der Waals surface area (Å²) >= 11 is 0. The molecule has 3 aliphatic heterocycles. The molecule has 0 unspecified atom stereocenters. The molecule has 2 aromatic rings. The standard InChI is InChI=1S/C26H28FN3O2/c1-4-17-13-19-18(15-26(2,3)30-23(19)20(14-17)24(31)25(30)32)16-28-9-11-29(12-10-28)22-8-6-5-7-21(22)27/h5-8,13-15H,4,9-12,16H2,1-3H3. The number of nitrogens with zero attached hydrogens (tertiary/aromatic N) is 3. The SMILES string of the molecule is CCc1cc2c3c(c1)C(CN1CCN(c4ccccc4F)CC1)=CC(C)(C)N3C(=O)C2=O. The average molecular weight is 434 g/mol. The van der Waals surface area contributed by atoms with Crippen molar-refractivity contribution in [3.05, 3.63) is 65.0 Å². The highest BCUT2D eigenvalue weighted by Crippen LogP contribution is 2.46. The third-order valence-corrected chi connectivity index (χ3v) is 6.85. The zero-order chi connectivity index (χ0) is 22.6. The van der Waals surface area contributed by atoms with Gasteiger partial charge >= 0.3 is 0 Å². The van der Waals surface area contributed by atoms with E-state index in [2.05, 4.69) is 28.9 Å². The molecule has 0 atom stereocenters. The number of hydrogen-bond acceptors (Lipinski definition) is 4. The normalized spacial score (nSPS) is 19.9. The van der Waals surface area contributed by atoms with Crippen LogP contribution in [0.15, 0.2) is 42.5 Å². The Labute approximate surface area is 188 Å². The fraction of sp³-hybridized carbons (Fsp3) is 0.385. The summed E-state index contributed by atoms with van der Waals surface area (Å²) < 4.78 is 14.2. The molecule has 32 heavy (non-hydrogen) atoms. The Bertz CT molecular complexity index is 1150. The summed E-state index contributed by atoms with van der Waals surface area (Å²) in [5.41, 5.74) is 4.61. The summed E-state index contributed by atoms with van der Waals surface area (Å²) in [4.78, 5) is 31.7. The number of para-hydroxylation sites is 1. The first-order valence-electron chi connectivity index (χ1n) is 11.3. The van der Waals surface area contributed by atoms with Crippen LogP contribution in [0.3, 0.4) is 0 Å². The Balaban J connectivity index is 1.42. The smallest absolute Gasteiger partial charge is 0.300 e. The van der Waals surface area contributed by atoms with Gasteiger partial charge in [0, 0.05) is 38.3 Å². The Morgan fingerprint density at radius 3 is 2.38 bits per heavy atom. The van der Waals surface area contributed by atoms with Crippen LogP contribution in [0.4, 0.5) is 15.8 Å². The Kier molecular flexibility index (Phi) is 4.93. The summed E-state index contributed by atoms with van der Waals surface area (Å²) in [6.07, 6.45) is 2.94. The molecule has 0 aromatic heterocycles. The number of halogens is 1. The number of rotatable bonds is 4. The molecule has 1 amide bonds. The van der Waals surface area contributed by atoms with Crippen LogP contribution in [0, 0.1) is 5.82 Å². The molecule has 0 aliphatic carbocycles. The van der Waals surface area contributed by atoms with E-state index in [1.54, 1.807) is 11.0 Å². The lowest BCUT2D eigenvalue weighted by molar-refractivity contribution is -0.115. The van der Waals surface area contributed by atoms with E-state index in [1.807, 2.05) is 32.0 Å². The van der Waals surface area contributed by atoms with Crippen molar-refractivity contribution in [2.75, 3.05) is 42.5 Å². The molecule has 1 fully saturated rings. The summed E-state index contributed by atoms with van der Waals surface area (Å²) in [5.74, 6) is -1.02. The topological polar surface area (TPSA) is 43.9 Å². The van der Waals surface area contributed by atoms with Crippen LogP contribution in [0.25, 0.3) is 5.57 Å². The predicted octanol–water partition coefficient (Wildman–Crippen LogP) is 3.92. The van der Waals surface area contributed by atoms with E-state index in [9.17, 15) is 14.0 Å². The van der Waals surface area contributed by atoms with Gasteiger partial charge in [0.05, 0.1) is 22.5 Å². The minimum absolute atomic E-state index is 0.181. The maximum atomic E-state index is 14.2. The van der Waals surface area contributed by atoms with Gasteiger partial charge in [-0.1, -0.05) is 25.1 Å². The zero-order valence-electron chi connectivity index (χ0n) is 18.8. The monoisotopic (exact) mass is 433 g/mol. The van der Waals surface area contributed by atoms with E-state index in [0.29, 0.717) is 11.3 Å². The van der Waals surface area contributed by atoms with Crippen molar-refractivity contribution in [2.45, 2.75) is 32.7 Å². The summed E-state index contributed by atoms with van der Waals surface area (Å²) in [6, 6.07) is 10.9. The number of aryl methyl sites for hydroxylation is 1. The van der Waals surface area contributed by atoms with Crippen LogP contribution < -0.4 is 9.80 Å². The van der Waals surface area contributed by atoms with Crippen LogP contribution in [-0.4, -0.2) is 54.9 Å². The number of hydrogen-bond donors (Lipinski definition) is 0. The molecule has 0 saturated carbocycles. The lowest BCUT2D eigenvalue weighted by Crippen LogP contribution is -2.50. The van der Waals surface area contributed by atoms with Crippen molar-refractivity contribution in [1.29, 1.82) is 0 Å². The number of carbonyl (C=O) groups is 2. The van der Waals surface area contributed by atoms with E-state index >= 15 is 0 Å².